The summed E-state index contributed by atoms with van der Waals surface area (Å²) in [5.41, 5.74) is 0. The fourth-order valence-electron chi connectivity index (χ4n) is 0. The van der Waals surface area contributed by atoms with Gasteiger partial charge < -0.3 is 18.2 Å². The van der Waals surface area contributed by atoms with Gasteiger partial charge >= 0.3 is 141 Å². The molecule has 0 saturated heterocycles. The van der Waals surface area contributed by atoms with Crippen LogP contribution in [0.4, 0.5) is 0 Å². The molecule has 0 fully saturated rings. The van der Waals surface area contributed by atoms with E-state index in [2.05, 4.69) is 0 Å². The van der Waals surface area contributed by atoms with Crippen LogP contribution in [0.1, 0.15) is 0 Å². The van der Waals surface area contributed by atoms with E-state index < -0.39 is 20.8 Å². The zero-order valence-corrected chi connectivity index (χ0v) is 16.9. The maximum atomic E-state index is 8.52. The second kappa shape index (κ2) is 14.3. The van der Waals surface area contributed by atoms with Crippen LogP contribution in [0.2, 0.25) is 0 Å². The zero-order valence-electron chi connectivity index (χ0n) is 6.79. The zero-order chi connectivity index (χ0) is 9.00. The quantitative estimate of drug-likeness (QED) is 0.242. The van der Waals surface area contributed by atoms with Crippen molar-refractivity contribution in [2.45, 2.75) is 0 Å². The predicted molar refractivity (Wildman–Crippen MR) is 26.7 cm³/mol. The van der Waals surface area contributed by atoms with Crippen LogP contribution < -0.4 is 103 Å². The molecule has 0 spiro atoms. The maximum absolute atomic E-state index is 8.52. The first-order valence-corrected chi connectivity index (χ1v) is 4.00. The Morgan fingerprint density at radius 3 is 0.615 bits per heavy atom. The summed E-state index contributed by atoms with van der Waals surface area (Å²) >= 11 is 0. The van der Waals surface area contributed by atoms with Crippen molar-refractivity contribution < 1.29 is 138 Å². The van der Waals surface area contributed by atoms with E-state index in [9.17, 15) is 0 Å². The molecule has 13 heavy (non-hydrogen) atoms. The minimum absolute atomic E-state index is 0. The summed E-state index contributed by atoms with van der Waals surface area (Å²) in [6, 6.07) is 0. The van der Waals surface area contributed by atoms with Gasteiger partial charge in [-0.3, -0.25) is 16.8 Å². The second-order valence-electron chi connectivity index (χ2n) is 0.816. The third-order valence-corrected chi connectivity index (χ3v) is 0. The first-order valence-electron chi connectivity index (χ1n) is 1.33. The Morgan fingerprint density at radius 2 is 0.615 bits per heavy atom. The summed E-state index contributed by atoms with van der Waals surface area (Å²) in [5, 5.41) is 0. The maximum Gasteiger partial charge on any atom is 2.00 e. The van der Waals surface area contributed by atoms with Crippen molar-refractivity contribution >= 4 is 58.5 Å². The van der Waals surface area contributed by atoms with Crippen LogP contribution in [0.3, 0.4) is 0 Å². The Hall–Kier alpha value is 4.27. The summed E-state index contributed by atoms with van der Waals surface area (Å²) in [6.45, 7) is 0. The van der Waals surface area contributed by atoms with Gasteiger partial charge in [-0.25, -0.2) is 0 Å². The molecule has 0 atom stereocenters. The Balaban J connectivity index is -0.0000000267. The molecular weight excluding hydrogens is 310 g/mol. The van der Waals surface area contributed by atoms with Crippen molar-refractivity contribution in [1.29, 1.82) is 0 Å². The second-order valence-corrected chi connectivity index (χ2v) is 2.45. The van der Waals surface area contributed by atoms with Crippen LogP contribution >= 0.6 is 0 Å². The van der Waals surface area contributed by atoms with Gasteiger partial charge in [0.15, 0.2) is 0 Å². The Morgan fingerprint density at radius 1 is 0.615 bits per heavy atom. The van der Waals surface area contributed by atoms with Gasteiger partial charge in [0.25, 0.3) is 0 Å². The van der Waals surface area contributed by atoms with E-state index in [4.69, 9.17) is 35.0 Å². The summed E-state index contributed by atoms with van der Waals surface area (Å²) in [7, 11) is -10.3. The fourth-order valence-corrected chi connectivity index (χ4v) is 0. The van der Waals surface area contributed by atoms with Crippen LogP contribution in [-0.2, 0) is 20.8 Å². The van der Waals surface area contributed by atoms with E-state index in [-0.39, 0.29) is 141 Å². The topological polar surface area (TPSA) is 161 Å². The molecule has 0 bridgehead atoms. The van der Waals surface area contributed by atoms with E-state index in [1.807, 2.05) is 0 Å². The van der Waals surface area contributed by atoms with E-state index in [0.717, 1.165) is 0 Å². The van der Waals surface area contributed by atoms with Gasteiger partial charge in [-0.05, 0) is 0 Å². The molecule has 13 heteroatoms. The van der Waals surface area contributed by atoms with Crippen LogP contribution in [0.25, 0.3) is 0 Å². The van der Waals surface area contributed by atoms with Crippen molar-refractivity contribution in [1.82, 2.24) is 0 Å². The van der Waals surface area contributed by atoms with Crippen LogP contribution in [0.15, 0.2) is 0 Å². The molecule has 64 valence electrons. The third kappa shape index (κ3) is 182. The van der Waals surface area contributed by atoms with Crippen LogP contribution in [0.5, 0.6) is 0 Å². The van der Waals surface area contributed by atoms with Gasteiger partial charge in [-0.2, -0.15) is 0 Å². The van der Waals surface area contributed by atoms with E-state index in [1.54, 1.807) is 0 Å². The Labute approximate surface area is 191 Å². The molecule has 0 aromatic rings. The molecule has 0 N–H and O–H groups in total. The monoisotopic (exact) mass is 310 g/mol. The smallest absolute Gasteiger partial charge is 0.759 e. The molecular formula is CaK2O8S2. The molecule has 0 rings (SSSR count). The van der Waals surface area contributed by atoms with Gasteiger partial charge in [-0.15, -0.1) is 0 Å². The van der Waals surface area contributed by atoms with Crippen molar-refractivity contribution in [2.75, 3.05) is 0 Å². The summed E-state index contributed by atoms with van der Waals surface area (Å²) in [6.07, 6.45) is 0. The molecule has 0 saturated carbocycles. The predicted octanol–water partition coefficient (Wildman–Crippen LogP) is -9.05. The Kier molecular flexibility index (Phi) is 33.5. The van der Waals surface area contributed by atoms with E-state index in [0.29, 0.717) is 0 Å². The van der Waals surface area contributed by atoms with Crippen LogP contribution in [-0.4, -0.2) is 72.8 Å². The van der Waals surface area contributed by atoms with Crippen LogP contribution in [0, 0.1) is 0 Å². The SMILES string of the molecule is O=S(=O)([O-])[O-].O=S(=O)([O-])[O-].[Ca+2].[K+].[K+]. The summed E-state index contributed by atoms with van der Waals surface area (Å²) in [5.74, 6) is 0. The molecule has 0 radical (unpaired) electrons. The molecule has 0 aromatic heterocycles. The fraction of sp³-hybridized carbons (Fsp3) is 0. The van der Waals surface area contributed by atoms with Crippen molar-refractivity contribution in [3.05, 3.63) is 0 Å². The van der Waals surface area contributed by atoms with Gasteiger partial charge in [-0.1, -0.05) is 0 Å². The molecule has 0 aliphatic carbocycles. The molecule has 0 unspecified atom stereocenters. The summed E-state index contributed by atoms with van der Waals surface area (Å²) < 4.78 is 68.2. The molecule has 0 aromatic carbocycles. The number of hydrogen-bond donors (Lipinski definition) is 0. The van der Waals surface area contributed by atoms with Gasteiger partial charge in [0.05, 0.1) is 0 Å². The minimum Gasteiger partial charge on any atom is -0.759 e. The van der Waals surface area contributed by atoms with Crippen molar-refractivity contribution in [3.63, 3.8) is 0 Å². The standard InChI is InChI=1S/Ca.2K.2H2O4S/c;;;2*1-5(2,3)4/h;;;2*(H2,1,2,3,4)/q+2;2*+1;;/p-4. The third-order valence-electron chi connectivity index (χ3n) is 0. The summed E-state index contributed by atoms with van der Waals surface area (Å²) in [4.78, 5) is 0. The average Bonchev–Trinajstić information content (AvgIpc) is 1.12. The molecule has 0 amide bonds. The van der Waals surface area contributed by atoms with E-state index in [1.165, 1.54) is 0 Å². The van der Waals surface area contributed by atoms with Gasteiger partial charge in [0, 0.05) is 20.8 Å². The van der Waals surface area contributed by atoms with E-state index >= 15 is 0 Å². The Bertz CT molecular complexity index is 217. The molecule has 8 nitrogen and oxygen atoms in total. The first kappa shape index (κ1) is 30.4. The normalized spacial score (nSPS) is 8.92. The largest absolute Gasteiger partial charge is 2.00 e. The number of rotatable bonds is 0. The van der Waals surface area contributed by atoms with Gasteiger partial charge in [0.2, 0.25) is 0 Å². The molecule has 0 aliphatic rings. The van der Waals surface area contributed by atoms with Crippen molar-refractivity contribution in [2.24, 2.45) is 0 Å². The first-order chi connectivity index (χ1) is 4.00. The minimum atomic E-state index is -5.17. The number of hydrogen-bond acceptors (Lipinski definition) is 8. The average molecular weight is 310 g/mol. The molecule has 0 heterocycles. The molecule has 0 aliphatic heterocycles. The van der Waals surface area contributed by atoms with Gasteiger partial charge in [0.1, 0.15) is 0 Å². The van der Waals surface area contributed by atoms with Crippen molar-refractivity contribution in [3.8, 4) is 0 Å².